The van der Waals surface area contributed by atoms with Crippen molar-refractivity contribution in [2.75, 3.05) is 0 Å². The molecule has 0 fully saturated rings. The van der Waals surface area contributed by atoms with Crippen molar-refractivity contribution < 1.29 is 51.6 Å². The second-order valence-electron chi connectivity index (χ2n) is 7.95. The Hall–Kier alpha value is 1.67. The first-order chi connectivity index (χ1) is 19.0. The minimum Gasteiger partial charge on any atom is -0.202 e. The van der Waals surface area contributed by atoms with Crippen molar-refractivity contribution in [1.29, 1.82) is 0 Å². The van der Waals surface area contributed by atoms with Crippen LogP contribution in [0.15, 0.2) is 69.3 Å². The molecule has 3 rings (SSSR count). The molecule has 0 aromatic heterocycles. The molecule has 0 bridgehead atoms. The molecule has 0 saturated heterocycles. The predicted molar refractivity (Wildman–Crippen MR) is 189 cm³/mol. The third-order valence-corrected chi connectivity index (χ3v) is 16.7. The lowest BCUT2D eigenvalue weighted by molar-refractivity contribution is -0.382. The molecule has 232 valence electrons. The molecule has 20 heteroatoms. The van der Waals surface area contributed by atoms with E-state index in [-0.39, 0.29) is 29.0 Å². The van der Waals surface area contributed by atoms with Crippen molar-refractivity contribution in [3.05, 3.63) is 76.0 Å². The minimum atomic E-state index is -7.46. The van der Waals surface area contributed by atoms with Gasteiger partial charge in [-0.05, 0) is 182 Å². The first-order valence-corrected chi connectivity index (χ1v) is 19.7. The van der Waals surface area contributed by atoms with E-state index >= 15 is 8.78 Å². The summed E-state index contributed by atoms with van der Waals surface area (Å²) < 4.78 is 159. The zero-order valence-electron chi connectivity index (χ0n) is 19.4. The smallest absolute Gasteiger partial charge is 0.202 e. The number of hydrogen-bond acceptors (Lipinski definition) is 3. The summed E-state index contributed by atoms with van der Waals surface area (Å²) in [5.74, 6) is -14.9. The van der Waals surface area contributed by atoms with Crippen LogP contribution in [0.25, 0.3) is 0 Å². The molecule has 0 saturated carbocycles. The maximum absolute atomic E-state index is 15.2. The Bertz CT molecular complexity index is 1520. The van der Waals surface area contributed by atoms with Gasteiger partial charge in [-0.15, -0.1) is 0 Å². The Morgan fingerprint density at radius 1 is 0.571 bits per heavy atom. The Morgan fingerprint density at radius 3 is 1.26 bits per heavy atom. The van der Waals surface area contributed by atoms with E-state index in [0.29, 0.717) is 7.14 Å². The van der Waals surface area contributed by atoms with Crippen LogP contribution in [-0.2, 0) is 13.7 Å². The minimum absolute atomic E-state index is 0.0716. The molecule has 0 radical (unpaired) electrons. The number of alkyl halides is 9. The van der Waals surface area contributed by atoms with Gasteiger partial charge < -0.3 is 0 Å². The summed E-state index contributed by atoms with van der Waals surface area (Å²) in [6, 6.07) is 12.8. The summed E-state index contributed by atoms with van der Waals surface area (Å²) >= 11 is 10.9. The van der Waals surface area contributed by atoms with Crippen molar-refractivity contribution in [3.8, 4) is 0 Å². The van der Waals surface area contributed by atoms with Crippen molar-refractivity contribution in [2.45, 2.75) is 38.0 Å². The summed E-state index contributed by atoms with van der Waals surface area (Å²) in [5, 5.41) is -7.05. The Labute approximate surface area is 316 Å². The molecule has 3 aromatic carbocycles. The van der Waals surface area contributed by atoms with Gasteiger partial charge >= 0.3 is 33.4 Å². The molecule has 3 aromatic rings. The van der Waals surface area contributed by atoms with Gasteiger partial charge in [-0.1, -0.05) is 18.2 Å². The van der Waals surface area contributed by atoms with Gasteiger partial charge in [0.1, 0.15) is 0 Å². The van der Waals surface area contributed by atoms with Gasteiger partial charge in [-0.2, -0.15) is 47.9 Å². The van der Waals surface area contributed by atoms with Crippen LogP contribution in [0.4, 0.5) is 39.5 Å². The molecule has 0 spiro atoms. The van der Waals surface area contributed by atoms with Crippen molar-refractivity contribution in [2.24, 2.45) is 0 Å². The number of rotatable bonds is 8. The second kappa shape index (κ2) is 13.3. The number of benzene rings is 3. The fourth-order valence-corrected chi connectivity index (χ4v) is 19.5. The third-order valence-electron chi connectivity index (χ3n) is 5.20. The van der Waals surface area contributed by atoms with E-state index in [1.807, 2.05) is 45.2 Å². The molecule has 0 aliphatic heterocycles. The Balaban J connectivity index is 2.56. The van der Waals surface area contributed by atoms with E-state index in [2.05, 4.69) is 0 Å². The lowest BCUT2D eigenvalue weighted by atomic mass is 10.1. The van der Waals surface area contributed by atoms with Crippen LogP contribution in [0.5, 0.6) is 0 Å². The molecule has 0 aliphatic rings. The topological polar surface area (TPSA) is 43.4 Å². The summed E-state index contributed by atoms with van der Waals surface area (Å²) in [7, 11) is -11.4. The van der Waals surface area contributed by atoms with Gasteiger partial charge in [0.05, 0.1) is 0 Å². The molecule has 0 N–H and O–H groups in total. The van der Waals surface area contributed by atoms with Gasteiger partial charge in [0, 0.05) is 36.1 Å². The van der Waals surface area contributed by atoms with Crippen molar-refractivity contribution in [1.82, 2.24) is 0 Å². The molecule has 0 amide bonds. The quantitative estimate of drug-likeness (QED) is 0.167. The lowest BCUT2D eigenvalue weighted by Gasteiger charge is -2.43. The fraction of sp³-hybridized carbons (Fsp3) is 0.182. The SMILES string of the molecule is O=S(=O)(OS(c1ccccc1)(c1c(I)cc(I)cc1I)c1c(I)cc(I)cc1I)C(F)(F)C(F)(F)C(F)(F)C(F)(F)F. The zero-order chi connectivity index (χ0) is 32.3. The molecule has 3 nitrogen and oxygen atoms in total. The summed E-state index contributed by atoms with van der Waals surface area (Å²) in [4.78, 5) is -0.278. The predicted octanol–water partition coefficient (Wildman–Crippen LogP) is 11.3. The monoisotopic (exact) mass is 1320 g/mol. The Kier molecular flexibility index (Phi) is 12.1. The largest absolute Gasteiger partial charge is 0.460 e. The highest BCUT2D eigenvalue weighted by Crippen LogP contribution is 2.74. The van der Waals surface area contributed by atoms with E-state index in [9.17, 15) is 39.2 Å². The molecule has 0 atom stereocenters. The average molecular weight is 1320 g/mol. The summed E-state index contributed by atoms with van der Waals surface area (Å²) in [6.07, 6.45) is -7.22. The summed E-state index contributed by atoms with van der Waals surface area (Å²) in [5.41, 5.74) is 0. The van der Waals surface area contributed by atoms with Crippen LogP contribution in [-0.4, -0.2) is 31.7 Å². The van der Waals surface area contributed by atoms with Gasteiger partial charge in [0.15, 0.2) is 0 Å². The standard InChI is InChI=1S/C22H9F9I6O3S2/c23-19(24,21(27,28)29)20(25,26)22(30,31)42(38,39)40-41(12-4-2-1-3-5-12,17-13(34)6-10(32)7-14(17)35)18-15(36)8-11(33)9-16(18)37/h1-9H. The highest BCUT2D eigenvalue weighted by atomic mass is 127. The first kappa shape index (κ1) is 38.1. The van der Waals surface area contributed by atoms with Crippen LogP contribution >= 0.6 is 146 Å². The highest BCUT2D eigenvalue weighted by molar-refractivity contribution is 14.1. The summed E-state index contributed by atoms with van der Waals surface area (Å²) in [6.45, 7) is 0. The maximum Gasteiger partial charge on any atom is 0.460 e. The van der Waals surface area contributed by atoms with E-state index < -0.39 is 43.7 Å². The molecule has 0 aliphatic carbocycles. The van der Waals surface area contributed by atoms with Crippen LogP contribution in [0, 0.1) is 21.4 Å². The lowest BCUT2D eigenvalue weighted by Crippen LogP contribution is -2.63. The molecule has 42 heavy (non-hydrogen) atoms. The van der Waals surface area contributed by atoms with Crippen LogP contribution < -0.4 is 0 Å². The van der Waals surface area contributed by atoms with E-state index in [1.165, 1.54) is 54.6 Å². The normalized spacial score (nSPS) is 14.3. The highest BCUT2D eigenvalue weighted by Gasteiger charge is 2.86. The van der Waals surface area contributed by atoms with Crippen molar-refractivity contribution in [3.63, 3.8) is 0 Å². The van der Waals surface area contributed by atoms with Gasteiger partial charge in [-0.25, -0.2) is 3.63 Å². The molecular formula is C22H9F9I6O3S2. The maximum atomic E-state index is 15.2. The average Bonchev–Trinajstić information content (AvgIpc) is 2.81. The number of hydrogen-bond donors (Lipinski definition) is 0. The van der Waals surface area contributed by atoms with Crippen LogP contribution in [0.2, 0.25) is 0 Å². The van der Waals surface area contributed by atoms with Crippen LogP contribution in [0.3, 0.4) is 0 Å². The Morgan fingerprint density at radius 2 is 0.929 bits per heavy atom. The van der Waals surface area contributed by atoms with Gasteiger partial charge in [0.25, 0.3) is 0 Å². The van der Waals surface area contributed by atoms with E-state index in [4.69, 9.17) is 3.63 Å². The van der Waals surface area contributed by atoms with Crippen molar-refractivity contribution >= 4 is 156 Å². The van der Waals surface area contributed by atoms with Gasteiger partial charge in [-0.3, -0.25) is 0 Å². The first-order valence-electron chi connectivity index (χ1n) is 10.3. The second-order valence-corrected chi connectivity index (χ2v) is 19.5. The van der Waals surface area contributed by atoms with E-state index in [1.54, 1.807) is 90.4 Å². The zero-order valence-corrected chi connectivity index (χ0v) is 34.0. The fourth-order valence-electron chi connectivity index (χ4n) is 3.36. The van der Waals surface area contributed by atoms with Gasteiger partial charge in [0.2, 0.25) is 0 Å². The van der Waals surface area contributed by atoms with E-state index in [0.717, 1.165) is 0 Å². The molecular weight excluding hydrogens is 1310 g/mol. The number of halogens is 15. The molecule has 0 heterocycles. The third kappa shape index (κ3) is 6.67. The van der Waals surface area contributed by atoms with Crippen LogP contribution in [0.1, 0.15) is 0 Å². The molecule has 0 unspecified atom stereocenters.